The van der Waals surface area contributed by atoms with Gasteiger partial charge < -0.3 is 24.7 Å². The van der Waals surface area contributed by atoms with Crippen LogP contribution in [0.25, 0.3) is 16.7 Å². The molecule has 1 aromatic carbocycles. The molecule has 6 rings (SSSR count). The Morgan fingerprint density at radius 2 is 1.98 bits per heavy atom. The van der Waals surface area contributed by atoms with Crippen molar-refractivity contribution in [3.05, 3.63) is 59.1 Å². The van der Waals surface area contributed by atoms with Gasteiger partial charge in [0.05, 0.1) is 24.1 Å². The summed E-state index contributed by atoms with van der Waals surface area (Å²) in [6, 6.07) is 4.20. The summed E-state index contributed by atoms with van der Waals surface area (Å²) < 4.78 is 56.9. The third-order valence-electron chi connectivity index (χ3n) is 7.29. The molecule has 220 valence electrons. The molecule has 0 bridgehead atoms. The van der Waals surface area contributed by atoms with Gasteiger partial charge in [0.2, 0.25) is 5.95 Å². The van der Waals surface area contributed by atoms with Crippen molar-refractivity contribution < 1.29 is 22.6 Å². The molecule has 42 heavy (non-hydrogen) atoms. The Balaban J connectivity index is 1.29. The van der Waals surface area contributed by atoms with Crippen LogP contribution in [0.1, 0.15) is 17.5 Å². The number of ether oxygens (including phenoxy) is 2. The van der Waals surface area contributed by atoms with Crippen LogP contribution in [-0.2, 0) is 24.5 Å². The third-order valence-corrected chi connectivity index (χ3v) is 7.65. The zero-order chi connectivity index (χ0) is 29.6. The molecule has 1 atom stereocenters. The van der Waals surface area contributed by atoms with E-state index in [1.165, 1.54) is 18.5 Å². The first-order valence-electron chi connectivity index (χ1n) is 13.1. The second-order valence-corrected chi connectivity index (χ2v) is 10.3. The number of anilines is 3. The van der Waals surface area contributed by atoms with E-state index in [1.807, 2.05) is 4.90 Å². The molecule has 4 aromatic heterocycles. The molecule has 0 saturated carbocycles. The highest BCUT2D eigenvalue weighted by molar-refractivity contribution is 6.36. The highest BCUT2D eigenvalue weighted by atomic mass is 35.5. The molecule has 1 saturated heterocycles. The van der Waals surface area contributed by atoms with Gasteiger partial charge in [-0.15, -0.1) is 0 Å². The Morgan fingerprint density at radius 3 is 2.71 bits per heavy atom. The van der Waals surface area contributed by atoms with E-state index in [0.29, 0.717) is 41.3 Å². The van der Waals surface area contributed by atoms with Crippen molar-refractivity contribution in [3.8, 4) is 11.5 Å². The van der Waals surface area contributed by atoms with Crippen LogP contribution in [0, 0.1) is 0 Å². The first kappa shape index (κ1) is 28.0. The van der Waals surface area contributed by atoms with Crippen LogP contribution < -0.4 is 15.4 Å². The monoisotopic (exact) mass is 601 g/mol. The largest absolute Gasteiger partial charge is 0.450 e. The number of benzene rings is 1. The number of hydrogen-bond donors (Lipinski definition) is 2. The summed E-state index contributed by atoms with van der Waals surface area (Å²) in [5.74, 6) is 1.48. The highest BCUT2D eigenvalue weighted by Gasteiger charge is 2.35. The maximum Gasteiger partial charge on any atom is 0.416 e. The quantitative estimate of drug-likeness (QED) is 0.239. The van der Waals surface area contributed by atoms with Crippen molar-refractivity contribution in [2.75, 3.05) is 37.9 Å². The normalized spacial score (nSPS) is 16.0. The molecule has 1 aliphatic rings. The number of likely N-dealkylation sites (tertiary alicyclic amines) is 1. The first-order chi connectivity index (χ1) is 20.2. The van der Waals surface area contributed by atoms with Gasteiger partial charge in [0, 0.05) is 58.9 Å². The smallest absolute Gasteiger partial charge is 0.416 e. The summed E-state index contributed by atoms with van der Waals surface area (Å²) in [5, 5.41) is 10.5. The summed E-state index contributed by atoms with van der Waals surface area (Å²) in [6.45, 7) is 1.46. The highest BCUT2D eigenvalue weighted by Crippen LogP contribution is 2.39. The molecule has 0 unspecified atom stereocenters. The fraction of sp³-hybridized carbons (Fsp3) is 0.333. The van der Waals surface area contributed by atoms with E-state index in [9.17, 15) is 13.2 Å². The van der Waals surface area contributed by atoms with Gasteiger partial charge in [0.15, 0.2) is 28.5 Å². The number of nitrogens with zero attached hydrogens (tertiary/aromatic N) is 7. The van der Waals surface area contributed by atoms with Gasteiger partial charge in [-0.25, -0.2) is 14.5 Å². The zero-order valence-electron chi connectivity index (χ0n) is 22.9. The Hall–Kier alpha value is -4.14. The van der Waals surface area contributed by atoms with Crippen LogP contribution in [0.2, 0.25) is 5.02 Å². The topological polar surface area (TPSA) is 107 Å². The fourth-order valence-electron chi connectivity index (χ4n) is 5.15. The van der Waals surface area contributed by atoms with E-state index in [4.69, 9.17) is 21.1 Å². The number of aromatic nitrogens is 6. The number of halogens is 4. The minimum absolute atomic E-state index is 0.0339. The lowest BCUT2D eigenvalue weighted by Gasteiger charge is -2.20. The van der Waals surface area contributed by atoms with Gasteiger partial charge in [0.25, 0.3) is 0 Å². The number of aryl methyl sites for hydroxylation is 1. The van der Waals surface area contributed by atoms with Gasteiger partial charge in [-0.1, -0.05) is 17.7 Å². The number of fused-ring (bicyclic) bond motifs is 2. The fourth-order valence-corrected chi connectivity index (χ4v) is 5.45. The average Bonchev–Trinajstić information content (AvgIpc) is 3.68. The summed E-state index contributed by atoms with van der Waals surface area (Å²) >= 11 is 6.74. The predicted molar refractivity (Wildman–Crippen MR) is 152 cm³/mol. The van der Waals surface area contributed by atoms with Crippen molar-refractivity contribution in [1.82, 2.24) is 34.0 Å². The van der Waals surface area contributed by atoms with E-state index in [1.54, 1.807) is 48.7 Å². The molecular formula is C27H27ClF3N9O2. The van der Waals surface area contributed by atoms with Crippen LogP contribution in [0.3, 0.4) is 0 Å². The Bertz CT molecular complexity index is 1770. The van der Waals surface area contributed by atoms with E-state index in [2.05, 4.69) is 30.7 Å². The number of imidazole rings is 1. The number of pyridine rings is 1. The van der Waals surface area contributed by atoms with Crippen molar-refractivity contribution in [3.63, 3.8) is 0 Å². The van der Waals surface area contributed by atoms with E-state index < -0.39 is 11.7 Å². The predicted octanol–water partition coefficient (Wildman–Crippen LogP) is 5.48. The van der Waals surface area contributed by atoms with Crippen LogP contribution in [-0.4, -0.2) is 67.4 Å². The van der Waals surface area contributed by atoms with Crippen molar-refractivity contribution >= 4 is 45.7 Å². The van der Waals surface area contributed by atoms with Gasteiger partial charge in [-0.2, -0.15) is 23.3 Å². The van der Waals surface area contributed by atoms with Crippen molar-refractivity contribution in [2.24, 2.45) is 7.05 Å². The number of methoxy groups -OCH3 is 1. The van der Waals surface area contributed by atoms with Crippen LogP contribution in [0.4, 0.5) is 30.6 Å². The van der Waals surface area contributed by atoms with Gasteiger partial charge in [-0.3, -0.25) is 4.90 Å². The molecule has 1 fully saturated rings. The lowest BCUT2D eigenvalue weighted by molar-refractivity contribution is -0.138. The van der Waals surface area contributed by atoms with Crippen molar-refractivity contribution in [1.29, 1.82) is 0 Å². The molecule has 1 aliphatic heterocycles. The minimum Gasteiger partial charge on any atom is -0.450 e. The average molecular weight is 602 g/mol. The summed E-state index contributed by atoms with van der Waals surface area (Å²) in [4.78, 5) is 15.1. The molecule has 11 nitrogen and oxygen atoms in total. The van der Waals surface area contributed by atoms with Crippen LogP contribution >= 0.6 is 11.6 Å². The lowest BCUT2D eigenvalue weighted by Crippen LogP contribution is -2.24. The molecule has 0 amide bonds. The molecule has 0 spiro atoms. The summed E-state index contributed by atoms with van der Waals surface area (Å²) in [7, 11) is 5.04. The molecule has 5 heterocycles. The maximum atomic E-state index is 14.1. The zero-order valence-corrected chi connectivity index (χ0v) is 23.7. The van der Waals surface area contributed by atoms with E-state index in [-0.39, 0.29) is 40.6 Å². The van der Waals surface area contributed by atoms with Crippen LogP contribution in [0.5, 0.6) is 11.5 Å². The Labute approximate surface area is 243 Å². The van der Waals surface area contributed by atoms with E-state index in [0.717, 1.165) is 12.5 Å². The minimum atomic E-state index is -4.53. The van der Waals surface area contributed by atoms with Crippen LogP contribution in [0.15, 0.2) is 43.0 Å². The Kier molecular flexibility index (Phi) is 7.29. The second kappa shape index (κ2) is 10.9. The molecule has 0 radical (unpaired) electrons. The summed E-state index contributed by atoms with van der Waals surface area (Å²) in [5.41, 5.74) is 1.06. The SMILES string of the molecule is CNc1nccn2ncc(Oc3cnc4nc(Nc5ccc(CN6CC[C@@H](OC)C6)c(C(F)(F)F)c5)n(C)c4c3Cl)c12. The molecule has 2 N–H and O–H groups in total. The molecule has 0 aliphatic carbocycles. The third kappa shape index (κ3) is 5.16. The number of alkyl halides is 3. The number of hydrogen-bond acceptors (Lipinski definition) is 9. The number of rotatable bonds is 8. The Morgan fingerprint density at radius 1 is 1.14 bits per heavy atom. The van der Waals surface area contributed by atoms with Gasteiger partial charge >= 0.3 is 6.18 Å². The molecule has 5 aromatic rings. The maximum absolute atomic E-state index is 14.1. The summed E-state index contributed by atoms with van der Waals surface area (Å²) in [6.07, 6.45) is 2.56. The molecular weight excluding hydrogens is 575 g/mol. The second-order valence-electron chi connectivity index (χ2n) is 9.91. The van der Waals surface area contributed by atoms with E-state index >= 15 is 0 Å². The van der Waals surface area contributed by atoms with Crippen molar-refractivity contribution in [2.45, 2.75) is 25.2 Å². The number of nitrogens with one attached hydrogen (secondary N) is 2. The lowest BCUT2D eigenvalue weighted by atomic mass is 10.1. The van der Waals surface area contributed by atoms with Gasteiger partial charge in [-0.05, 0) is 24.1 Å². The standard InChI is InChI=1S/C27H27ClF3N9O2/c1-32-24-22-20(12-35-40(22)9-7-33-24)42-19-11-34-25-23(21(19)28)38(2)26(37-25)36-16-5-4-15(18(10-16)27(29,30)31)13-39-8-6-17(14-39)41-3/h4-5,7,9-12,17H,6,8,13-14H2,1-3H3,(H,32,33)(H,34,36,37)/t17-/m1/s1. The first-order valence-corrected chi connectivity index (χ1v) is 13.4. The molecule has 15 heteroatoms. The van der Waals surface area contributed by atoms with Gasteiger partial charge in [0.1, 0.15) is 10.5 Å².